The number of ether oxygens (including phenoxy) is 1. The smallest absolute Gasteiger partial charge is 0.306 e. The first-order chi connectivity index (χ1) is 18.5. The fourth-order valence-electron chi connectivity index (χ4n) is 4.75. The molecule has 7 heteroatoms. The summed E-state index contributed by atoms with van der Waals surface area (Å²) in [5, 5.41) is 1.67. The molecule has 4 rings (SSSR count). The summed E-state index contributed by atoms with van der Waals surface area (Å²) in [5.41, 5.74) is 1.58. The van der Waals surface area contributed by atoms with E-state index in [1.165, 1.54) is 22.6 Å². The maximum atomic E-state index is 12.4. The van der Waals surface area contributed by atoms with Crippen molar-refractivity contribution in [2.75, 3.05) is 20.6 Å². The number of quaternary nitrogens is 1. The minimum absolute atomic E-state index is 0.152. The van der Waals surface area contributed by atoms with Gasteiger partial charge >= 0.3 is 5.97 Å². The largest absolute Gasteiger partial charge is 0.744 e. The van der Waals surface area contributed by atoms with E-state index in [9.17, 15) is 17.8 Å². The Bertz CT molecular complexity index is 1460. The first-order valence-corrected chi connectivity index (χ1v) is 14.5. The molecule has 206 valence electrons. The standard InChI is InChI=1S/C22H29NO2.C10H8O3S/c1-5-21(24)25-22(18(2)17-23(3)4,20-14-10-7-11-15-20)16-19-12-8-6-9-13-19;11-14(12,13)10-6-5-8-3-1-2-4-9(8)7-10/h6-15,18H,5,16-17H2,1-4H3;1-7H,(H,11,12,13). The molecule has 4 aromatic carbocycles. The normalized spacial score (nSPS) is 13.7. The zero-order valence-electron chi connectivity index (χ0n) is 23.0. The summed E-state index contributed by atoms with van der Waals surface area (Å²) in [6, 6.07) is 32.1. The van der Waals surface area contributed by atoms with E-state index in [-0.39, 0.29) is 16.8 Å². The lowest BCUT2D eigenvalue weighted by atomic mass is 9.77. The molecule has 0 aliphatic carbocycles. The second-order valence-corrected chi connectivity index (χ2v) is 11.4. The number of carbonyl (C=O) groups excluding carboxylic acids is 1. The Morgan fingerprint density at radius 3 is 2.00 bits per heavy atom. The van der Waals surface area contributed by atoms with Gasteiger partial charge in [-0.1, -0.05) is 105 Å². The second-order valence-electron chi connectivity index (χ2n) is 10.0. The lowest BCUT2D eigenvalue weighted by molar-refractivity contribution is -0.863. The number of fused-ring (bicyclic) bond motifs is 1. The van der Waals surface area contributed by atoms with Crippen LogP contribution in [-0.2, 0) is 31.7 Å². The topological polar surface area (TPSA) is 87.9 Å². The maximum Gasteiger partial charge on any atom is 0.306 e. The van der Waals surface area contributed by atoms with Gasteiger partial charge in [0, 0.05) is 18.8 Å². The molecule has 4 aromatic rings. The van der Waals surface area contributed by atoms with E-state index in [0.29, 0.717) is 12.8 Å². The molecule has 6 nitrogen and oxygen atoms in total. The van der Waals surface area contributed by atoms with Crippen LogP contribution in [0, 0.1) is 5.92 Å². The molecule has 0 amide bonds. The molecule has 0 aromatic heterocycles. The van der Waals surface area contributed by atoms with Crippen LogP contribution in [0.1, 0.15) is 31.4 Å². The third-order valence-electron chi connectivity index (χ3n) is 6.68. The second kappa shape index (κ2) is 13.5. The van der Waals surface area contributed by atoms with Crippen LogP contribution in [0.5, 0.6) is 0 Å². The van der Waals surface area contributed by atoms with E-state index in [0.717, 1.165) is 22.9 Å². The molecule has 2 atom stereocenters. The first-order valence-electron chi connectivity index (χ1n) is 13.1. The molecule has 1 N–H and O–H groups in total. The van der Waals surface area contributed by atoms with E-state index < -0.39 is 15.7 Å². The van der Waals surface area contributed by atoms with Crippen LogP contribution < -0.4 is 4.90 Å². The Morgan fingerprint density at radius 1 is 0.872 bits per heavy atom. The molecular formula is C32H37NO5S. The lowest BCUT2D eigenvalue weighted by Crippen LogP contribution is -3.06. The highest BCUT2D eigenvalue weighted by Crippen LogP contribution is 2.37. The van der Waals surface area contributed by atoms with Crippen molar-refractivity contribution in [3.8, 4) is 0 Å². The van der Waals surface area contributed by atoms with Crippen LogP contribution in [0.15, 0.2) is 108 Å². The van der Waals surface area contributed by atoms with Gasteiger partial charge in [0.2, 0.25) is 0 Å². The minimum Gasteiger partial charge on any atom is -0.744 e. The highest BCUT2D eigenvalue weighted by molar-refractivity contribution is 7.85. The Morgan fingerprint density at radius 2 is 1.44 bits per heavy atom. The number of hydrogen-bond acceptors (Lipinski definition) is 5. The molecule has 0 radical (unpaired) electrons. The molecule has 0 spiro atoms. The van der Waals surface area contributed by atoms with Gasteiger partial charge < -0.3 is 14.2 Å². The molecule has 0 bridgehead atoms. The van der Waals surface area contributed by atoms with Crippen molar-refractivity contribution in [2.24, 2.45) is 5.92 Å². The predicted octanol–water partition coefficient (Wildman–Crippen LogP) is 4.60. The molecule has 0 saturated carbocycles. The van der Waals surface area contributed by atoms with Crippen molar-refractivity contribution >= 4 is 26.9 Å². The number of hydrogen-bond donors (Lipinski definition) is 1. The van der Waals surface area contributed by atoms with Gasteiger partial charge in [0.25, 0.3) is 0 Å². The summed E-state index contributed by atoms with van der Waals surface area (Å²) in [6.45, 7) is 4.95. The number of rotatable bonds is 9. The number of nitrogens with one attached hydrogen (secondary N) is 1. The molecule has 0 aliphatic heterocycles. The highest BCUT2D eigenvalue weighted by Gasteiger charge is 2.43. The number of carbonyl (C=O) groups is 1. The van der Waals surface area contributed by atoms with Crippen LogP contribution in [0.2, 0.25) is 0 Å². The van der Waals surface area contributed by atoms with Crippen LogP contribution in [0.25, 0.3) is 10.8 Å². The van der Waals surface area contributed by atoms with Crippen LogP contribution >= 0.6 is 0 Å². The summed E-state index contributed by atoms with van der Waals surface area (Å²) < 4.78 is 38.4. The third kappa shape index (κ3) is 8.23. The third-order valence-corrected chi connectivity index (χ3v) is 7.51. The van der Waals surface area contributed by atoms with Gasteiger partial charge in [-0.15, -0.1) is 0 Å². The van der Waals surface area contributed by atoms with Gasteiger partial charge in [-0.2, -0.15) is 0 Å². The average molecular weight is 548 g/mol. The lowest BCUT2D eigenvalue weighted by Gasteiger charge is -2.39. The average Bonchev–Trinajstić information content (AvgIpc) is 2.92. The summed E-state index contributed by atoms with van der Waals surface area (Å²) in [6.07, 6.45) is 1.06. The van der Waals surface area contributed by atoms with E-state index in [4.69, 9.17) is 4.74 Å². The molecule has 0 aliphatic rings. The van der Waals surface area contributed by atoms with Crippen molar-refractivity contribution in [1.29, 1.82) is 0 Å². The van der Waals surface area contributed by atoms with E-state index >= 15 is 0 Å². The monoisotopic (exact) mass is 547 g/mol. The zero-order valence-corrected chi connectivity index (χ0v) is 23.8. The van der Waals surface area contributed by atoms with Crippen molar-refractivity contribution in [1.82, 2.24) is 0 Å². The predicted molar refractivity (Wildman–Crippen MR) is 153 cm³/mol. The van der Waals surface area contributed by atoms with Crippen molar-refractivity contribution in [3.63, 3.8) is 0 Å². The minimum atomic E-state index is -4.34. The summed E-state index contributed by atoms with van der Waals surface area (Å²) in [4.78, 5) is 13.5. The van der Waals surface area contributed by atoms with Gasteiger partial charge in [-0.3, -0.25) is 4.79 Å². The summed E-state index contributed by atoms with van der Waals surface area (Å²) in [5.74, 6) is 0.0241. The van der Waals surface area contributed by atoms with Gasteiger partial charge in [0.15, 0.2) is 0 Å². The Labute approximate surface area is 232 Å². The van der Waals surface area contributed by atoms with Gasteiger partial charge in [0.05, 0.1) is 25.5 Å². The first kappa shape index (κ1) is 30.0. The molecule has 2 unspecified atom stereocenters. The Balaban J connectivity index is 0.000000252. The summed E-state index contributed by atoms with van der Waals surface area (Å²) >= 11 is 0. The SMILES string of the molecule is CCC(=O)OC(Cc1ccccc1)(c1ccccc1)C(C)C[NH+](C)C.O=S(=O)([O-])c1ccc2ccccc2c1. The van der Waals surface area contributed by atoms with Crippen LogP contribution in [0.4, 0.5) is 0 Å². The molecule has 0 heterocycles. The quantitative estimate of drug-likeness (QED) is 0.244. The fourth-order valence-corrected chi connectivity index (χ4v) is 5.26. The van der Waals surface area contributed by atoms with Crippen LogP contribution in [-0.4, -0.2) is 39.6 Å². The Hall–Kier alpha value is -3.52. The molecule has 0 fully saturated rings. The van der Waals surface area contributed by atoms with E-state index in [1.807, 2.05) is 55.5 Å². The highest BCUT2D eigenvalue weighted by atomic mass is 32.2. The maximum absolute atomic E-state index is 12.4. The molecular weight excluding hydrogens is 510 g/mol. The molecule has 39 heavy (non-hydrogen) atoms. The molecule has 0 saturated heterocycles. The van der Waals surface area contributed by atoms with Gasteiger partial charge in [-0.25, -0.2) is 8.42 Å². The van der Waals surface area contributed by atoms with Crippen LogP contribution in [0.3, 0.4) is 0 Å². The van der Waals surface area contributed by atoms with Gasteiger partial charge in [-0.05, 0) is 34.0 Å². The van der Waals surface area contributed by atoms with E-state index in [2.05, 4.69) is 45.3 Å². The van der Waals surface area contributed by atoms with Crippen molar-refractivity contribution < 1.29 is 27.4 Å². The summed E-state index contributed by atoms with van der Waals surface area (Å²) in [7, 11) is -0.0736. The van der Waals surface area contributed by atoms with Crippen molar-refractivity contribution in [3.05, 3.63) is 114 Å². The van der Waals surface area contributed by atoms with E-state index in [1.54, 1.807) is 18.2 Å². The number of esters is 1. The van der Waals surface area contributed by atoms with Gasteiger partial charge in [0.1, 0.15) is 15.7 Å². The van der Waals surface area contributed by atoms with Crippen molar-refractivity contribution in [2.45, 2.75) is 37.2 Å². The Kier molecular flexibility index (Phi) is 10.4. The number of benzene rings is 4. The fraction of sp³-hybridized carbons (Fsp3) is 0.281. The zero-order chi connectivity index (χ0) is 28.5.